The van der Waals surface area contributed by atoms with Crippen molar-refractivity contribution in [1.29, 1.82) is 0 Å². The van der Waals surface area contributed by atoms with E-state index in [1.54, 1.807) is 30.7 Å². The summed E-state index contributed by atoms with van der Waals surface area (Å²) in [4.78, 5) is 17.6. The molecule has 3 rings (SSSR count). The molecule has 1 heterocycles. The van der Waals surface area contributed by atoms with E-state index in [0.29, 0.717) is 35.7 Å². The van der Waals surface area contributed by atoms with Crippen molar-refractivity contribution in [1.82, 2.24) is 4.90 Å². The maximum absolute atomic E-state index is 12.6. The van der Waals surface area contributed by atoms with Crippen molar-refractivity contribution in [2.75, 3.05) is 38.3 Å². The molecule has 6 nitrogen and oxygen atoms in total. The Kier molecular flexibility index (Phi) is 8.71. The Morgan fingerprint density at radius 1 is 1.28 bits per heavy atom. The van der Waals surface area contributed by atoms with Gasteiger partial charge in [-0.2, -0.15) is 0 Å². The normalized spacial score (nSPS) is 15.4. The second-order valence-electron chi connectivity index (χ2n) is 7.91. The molecule has 0 aliphatic carbocycles. The number of hydrogen-bond acceptors (Lipinski definition) is 6. The van der Waals surface area contributed by atoms with E-state index in [4.69, 9.17) is 21.1 Å². The molecule has 0 aromatic heterocycles. The molecule has 0 bridgehead atoms. The van der Waals surface area contributed by atoms with Crippen LogP contribution in [0.25, 0.3) is 0 Å². The number of aliphatic hydroxyl groups is 1. The highest BCUT2D eigenvalue weighted by Gasteiger charge is 2.36. The first-order valence-electron chi connectivity index (χ1n) is 10.8. The number of methoxy groups -OCH3 is 1. The van der Waals surface area contributed by atoms with Crippen LogP contribution in [0, 0.1) is 0 Å². The number of carbonyl (C=O) groups excluding carboxylic acids is 1. The number of anilines is 1. The van der Waals surface area contributed by atoms with E-state index in [1.165, 1.54) is 0 Å². The molecule has 1 amide bonds. The maximum atomic E-state index is 12.6. The van der Waals surface area contributed by atoms with E-state index in [9.17, 15) is 9.90 Å². The lowest BCUT2D eigenvalue weighted by Crippen LogP contribution is -2.35. The van der Waals surface area contributed by atoms with Gasteiger partial charge in [0.2, 0.25) is 5.91 Å². The van der Waals surface area contributed by atoms with Crippen LogP contribution in [-0.2, 0) is 4.79 Å². The summed E-state index contributed by atoms with van der Waals surface area (Å²) in [5.41, 5.74) is 1.69. The van der Waals surface area contributed by atoms with Crippen molar-refractivity contribution >= 4 is 35.0 Å². The first-order chi connectivity index (χ1) is 15.4. The van der Waals surface area contributed by atoms with Crippen LogP contribution in [0.5, 0.6) is 11.5 Å². The van der Waals surface area contributed by atoms with Crippen LogP contribution >= 0.6 is 23.4 Å². The van der Waals surface area contributed by atoms with Gasteiger partial charge in [0, 0.05) is 41.5 Å². The van der Waals surface area contributed by atoms with Gasteiger partial charge in [0.15, 0.2) is 11.5 Å². The number of fused-ring (bicyclic) bond motifs is 1. The van der Waals surface area contributed by atoms with E-state index in [0.717, 1.165) is 29.1 Å². The molecule has 1 aliphatic rings. The predicted octanol–water partition coefficient (Wildman–Crippen LogP) is 4.98. The van der Waals surface area contributed by atoms with Gasteiger partial charge in [-0.1, -0.05) is 35.5 Å². The Balaban J connectivity index is 1.83. The van der Waals surface area contributed by atoms with Gasteiger partial charge in [-0.05, 0) is 44.5 Å². The largest absolute Gasteiger partial charge is 0.493 e. The van der Waals surface area contributed by atoms with Crippen LogP contribution in [0.15, 0.2) is 41.3 Å². The van der Waals surface area contributed by atoms with Gasteiger partial charge in [0.25, 0.3) is 0 Å². The zero-order valence-electron chi connectivity index (χ0n) is 19.0. The maximum Gasteiger partial charge on any atom is 0.225 e. The average Bonchev–Trinajstić information content (AvgIpc) is 3.14. The Hall–Kier alpha value is -1.93. The van der Waals surface area contributed by atoms with Gasteiger partial charge in [-0.25, -0.2) is 0 Å². The zero-order chi connectivity index (χ0) is 23.3. The number of para-hydroxylation sites is 1. The highest BCUT2D eigenvalue weighted by Crippen LogP contribution is 2.54. The lowest BCUT2D eigenvalue weighted by atomic mass is 10.1. The molecule has 1 atom stereocenters. The quantitative estimate of drug-likeness (QED) is 0.486. The fourth-order valence-corrected chi connectivity index (χ4v) is 5.37. The smallest absolute Gasteiger partial charge is 0.225 e. The number of thioether (sulfide) groups is 1. The number of amides is 1. The molecule has 174 valence electrons. The van der Waals surface area contributed by atoms with Crippen molar-refractivity contribution in [2.24, 2.45) is 0 Å². The second kappa shape index (κ2) is 11.3. The Morgan fingerprint density at radius 3 is 2.72 bits per heavy atom. The minimum absolute atomic E-state index is 0.0612. The first-order valence-corrected chi connectivity index (χ1v) is 12.0. The number of ether oxygens (including phenoxy) is 2. The molecule has 0 radical (unpaired) electrons. The molecule has 1 unspecified atom stereocenters. The summed E-state index contributed by atoms with van der Waals surface area (Å²) in [6.45, 7) is 7.90. The highest BCUT2D eigenvalue weighted by atomic mass is 35.5. The average molecular weight is 479 g/mol. The predicted molar refractivity (Wildman–Crippen MR) is 130 cm³/mol. The molecule has 1 N–H and O–H groups in total. The zero-order valence-corrected chi connectivity index (χ0v) is 20.6. The summed E-state index contributed by atoms with van der Waals surface area (Å²) in [5.74, 6) is 1.22. The SMILES string of the molecule is COc1cccc(C2Sc3ccc(Cl)cc3N2C(C)=O)c1OCCCN(CCO)C(C)C. The molecule has 0 saturated heterocycles. The molecule has 32 heavy (non-hydrogen) atoms. The van der Waals surface area contributed by atoms with Crippen molar-refractivity contribution in [3.8, 4) is 11.5 Å². The summed E-state index contributed by atoms with van der Waals surface area (Å²) >= 11 is 7.81. The standard InChI is InChI=1S/C24H31ClN2O4S/c1-16(2)26(12-13-28)11-6-14-31-23-19(7-5-8-21(23)30-4)24-27(17(3)29)20-15-18(25)9-10-22(20)32-24/h5,7-10,15-16,24,28H,6,11-14H2,1-4H3. The number of nitrogens with zero attached hydrogens (tertiary/aromatic N) is 2. The molecule has 0 saturated carbocycles. The van der Waals surface area contributed by atoms with Gasteiger partial charge >= 0.3 is 0 Å². The van der Waals surface area contributed by atoms with Crippen LogP contribution < -0.4 is 14.4 Å². The van der Waals surface area contributed by atoms with Crippen LogP contribution in [0.2, 0.25) is 5.02 Å². The van der Waals surface area contributed by atoms with Crippen molar-refractivity contribution in [2.45, 2.75) is 43.5 Å². The molecule has 0 fully saturated rings. The lowest BCUT2D eigenvalue weighted by molar-refractivity contribution is -0.116. The van der Waals surface area contributed by atoms with Crippen molar-refractivity contribution in [3.63, 3.8) is 0 Å². The third-order valence-corrected chi connectivity index (χ3v) is 6.96. The molecule has 1 aliphatic heterocycles. The second-order valence-corrected chi connectivity index (χ2v) is 9.46. The van der Waals surface area contributed by atoms with Crippen LogP contribution in [0.4, 0.5) is 5.69 Å². The van der Waals surface area contributed by atoms with E-state index in [-0.39, 0.29) is 17.9 Å². The van der Waals surface area contributed by atoms with E-state index in [2.05, 4.69) is 18.7 Å². The van der Waals surface area contributed by atoms with Gasteiger partial charge in [-0.3, -0.25) is 14.6 Å². The first kappa shape index (κ1) is 24.7. The number of halogens is 1. The van der Waals surface area contributed by atoms with Crippen LogP contribution in [0.3, 0.4) is 0 Å². The molecule has 0 spiro atoms. The van der Waals surface area contributed by atoms with Gasteiger partial charge in [0.1, 0.15) is 5.37 Å². The molecule has 2 aromatic carbocycles. The fourth-order valence-electron chi connectivity index (χ4n) is 3.86. The van der Waals surface area contributed by atoms with Crippen molar-refractivity contribution < 1.29 is 19.4 Å². The number of hydrogen-bond donors (Lipinski definition) is 1. The third kappa shape index (κ3) is 5.52. The summed E-state index contributed by atoms with van der Waals surface area (Å²) in [6, 6.07) is 11.7. The topological polar surface area (TPSA) is 62.2 Å². The monoisotopic (exact) mass is 478 g/mol. The lowest BCUT2D eigenvalue weighted by Gasteiger charge is -2.27. The molecular formula is C24H31ClN2O4S. The minimum atomic E-state index is -0.271. The molecular weight excluding hydrogens is 448 g/mol. The number of carbonyl (C=O) groups is 1. The number of aliphatic hydroxyl groups excluding tert-OH is 1. The van der Waals surface area contributed by atoms with Crippen LogP contribution in [-0.4, -0.2) is 55.4 Å². The van der Waals surface area contributed by atoms with Gasteiger partial charge in [-0.15, -0.1) is 0 Å². The van der Waals surface area contributed by atoms with Gasteiger partial charge in [0.05, 0.1) is 26.0 Å². The third-order valence-electron chi connectivity index (χ3n) is 5.44. The summed E-state index contributed by atoms with van der Waals surface area (Å²) in [6.07, 6.45) is 0.805. The fraction of sp³-hybridized carbons (Fsp3) is 0.458. The Labute approximate surface area is 199 Å². The van der Waals surface area contributed by atoms with Crippen LogP contribution in [0.1, 0.15) is 38.1 Å². The number of rotatable bonds is 10. The van der Waals surface area contributed by atoms with E-state index < -0.39 is 0 Å². The minimum Gasteiger partial charge on any atom is -0.493 e. The summed E-state index contributed by atoms with van der Waals surface area (Å²) in [7, 11) is 1.62. The highest BCUT2D eigenvalue weighted by molar-refractivity contribution is 8.00. The number of benzene rings is 2. The molecule has 2 aromatic rings. The molecule has 8 heteroatoms. The van der Waals surface area contributed by atoms with E-state index in [1.807, 2.05) is 36.4 Å². The summed E-state index contributed by atoms with van der Waals surface area (Å²) < 4.78 is 11.8. The summed E-state index contributed by atoms with van der Waals surface area (Å²) in [5, 5.41) is 9.60. The Morgan fingerprint density at radius 2 is 2.06 bits per heavy atom. The van der Waals surface area contributed by atoms with E-state index >= 15 is 0 Å². The van der Waals surface area contributed by atoms with Gasteiger partial charge < -0.3 is 14.6 Å². The van der Waals surface area contributed by atoms with Crippen molar-refractivity contribution in [3.05, 3.63) is 47.0 Å². The Bertz CT molecular complexity index is 940.